The van der Waals surface area contributed by atoms with Crippen molar-refractivity contribution in [1.82, 2.24) is 89.1 Å². The van der Waals surface area contributed by atoms with Gasteiger partial charge in [0.15, 0.2) is 5.96 Å². The highest BCUT2D eigenvalue weighted by atomic mass is 16.4. The predicted molar refractivity (Wildman–Crippen MR) is 360 cm³/mol. The van der Waals surface area contributed by atoms with Crippen LogP contribution in [0.15, 0.2) is 30.0 Å². The number of hydrogen-bond donors (Lipinski definition) is 22. The Balaban J connectivity index is 2.16. The van der Waals surface area contributed by atoms with Crippen LogP contribution in [0.1, 0.15) is 125 Å². The maximum Gasteiger partial charge on any atom is 0.326 e. The Morgan fingerprint density at radius 2 is 0.901 bits per heavy atom. The number of aliphatic hydroxyl groups is 1. The lowest BCUT2D eigenvalue weighted by Crippen LogP contribution is -2.60. The monoisotopic (exact) mass is 1430 g/mol. The van der Waals surface area contributed by atoms with Crippen molar-refractivity contribution in [3.05, 3.63) is 36.4 Å². The van der Waals surface area contributed by atoms with Gasteiger partial charge in [-0.25, -0.2) is 14.8 Å². The summed E-state index contributed by atoms with van der Waals surface area (Å²) in [6.07, 6.45) is 5.02. The van der Waals surface area contributed by atoms with Gasteiger partial charge in [-0.15, -0.1) is 0 Å². The molecule has 0 fully saturated rings. The van der Waals surface area contributed by atoms with Crippen LogP contribution in [-0.4, -0.2) is 235 Å². The minimum absolute atomic E-state index is 0.00101. The summed E-state index contributed by atoms with van der Waals surface area (Å²) in [5, 5.41) is 60.6. The normalized spacial score (nSPS) is 14.7. The van der Waals surface area contributed by atoms with E-state index in [-0.39, 0.29) is 82.3 Å². The third-order valence-corrected chi connectivity index (χ3v) is 15.0. The summed E-state index contributed by atoms with van der Waals surface area (Å²) in [4.78, 5) is 216. The first-order chi connectivity index (χ1) is 47.5. The smallest absolute Gasteiger partial charge is 0.326 e. The van der Waals surface area contributed by atoms with Gasteiger partial charge in [-0.3, -0.25) is 72.1 Å². The van der Waals surface area contributed by atoms with Gasteiger partial charge in [0.2, 0.25) is 76.8 Å². The van der Waals surface area contributed by atoms with Gasteiger partial charge in [-0.2, -0.15) is 0 Å². The number of aliphatic hydroxyl groups excluding tert-OH is 1. The molecule has 12 atom stereocenters. The number of aliphatic carboxylic acids is 2. The van der Waals surface area contributed by atoms with E-state index in [1.54, 1.807) is 27.7 Å². The van der Waals surface area contributed by atoms with Crippen LogP contribution >= 0.6 is 0 Å². The Hall–Kier alpha value is -10.4. The Morgan fingerprint density at radius 1 is 0.475 bits per heavy atom. The minimum atomic E-state index is -1.65. The molecular weight excluding hydrogens is 1330 g/mol. The molecule has 0 aliphatic heterocycles. The third kappa shape index (κ3) is 33.4. The molecule has 2 aromatic rings. The van der Waals surface area contributed by atoms with Gasteiger partial charge in [0, 0.05) is 43.2 Å². The molecule has 0 aromatic carbocycles. The molecule has 2 heterocycles. The molecule has 2 aromatic heterocycles. The van der Waals surface area contributed by atoms with E-state index in [1.807, 2.05) is 0 Å². The fraction of sp³-hybridized carbons (Fsp3) is 0.639. The predicted octanol–water partition coefficient (Wildman–Crippen LogP) is -7.65. The molecule has 0 spiro atoms. The van der Waals surface area contributed by atoms with Crippen LogP contribution < -0.4 is 92.1 Å². The zero-order valence-corrected chi connectivity index (χ0v) is 58.2. The minimum Gasteiger partial charge on any atom is -0.481 e. The van der Waals surface area contributed by atoms with Crippen molar-refractivity contribution in [3.8, 4) is 0 Å². The number of aromatic amines is 2. The number of aliphatic imine (C=N–C) groups is 1. The number of amides is 13. The van der Waals surface area contributed by atoms with Gasteiger partial charge in [0.25, 0.3) is 0 Å². The van der Waals surface area contributed by atoms with Crippen LogP contribution in [-0.2, 0) is 84.8 Å². The molecule has 0 bridgehead atoms. The lowest BCUT2D eigenvalue weighted by atomic mass is 10.0. The van der Waals surface area contributed by atoms with Gasteiger partial charge in [-0.1, -0.05) is 41.5 Å². The van der Waals surface area contributed by atoms with Crippen molar-refractivity contribution in [1.29, 1.82) is 0 Å². The molecule has 40 heteroatoms. The molecule has 101 heavy (non-hydrogen) atoms. The fourth-order valence-electron chi connectivity index (χ4n) is 9.47. The number of carbonyl (C=O) groups is 15. The lowest BCUT2D eigenvalue weighted by Gasteiger charge is -2.27. The highest BCUT2D eigenvalue weighted by Crippen LogP contribution is 2.11. The average Bonchev–Trinajstić information content (AvgIpc) is 1.56. The second-order valence-electron chi connectivity index (χ2n) is 25.2. The van der Waals surface area contributed by atoms with Crippen LogP contribution in [0.5, 0.6) is 0 Å². The van der Waals surface area contributed by atoms with Crippen molar-refractivity contribution in [2.45, 2.75) is 199 Å². The Kier molecular flexibility index (Phi) is 38.3. The van der Waals surface area contributed by atoms with Crippen LogP contribution in [0.25, 0.3) is 0 Å². The van der Waals surface area contributed by atoms with Crippen molar-refractivity contribution >= 4 is 94.7 Å². The highest BCUT2D eigenvalue weighted by Gasteiger charge is 2.36. The SMILES string of the molecule is CC(C)C[C@H](NC(=O)[C@H](C)NC(=O)[C@H](CC(=O)O)NC(=O)[C@@H](N)Cc1cnc[nH]1)C(=O)NCC(=O)NCC(=O)N[C@@H](Cc1cnc[nH]1)C(=O)N[C@@H](C)C(=O)N[C@@H](CC(C)C)C(=O)N[C@@H](C)C(=O)N[C@@H](CCCN=C(N)N)C(=O)N[C@@H](CCCCN)C(=O)N[C@@H](CO)C(=O)N[C@H](C(=O)O)C(C)C. The van der Waals surface area contributed by atoms with Crippen molar-refractivity contribution in [2.24, 2.45) is 45.7 Å². The van der Waals surface area contributed by atoms with E-state index in [9.17, 15) is 87.2 Å². The molecule has 0 unspecified atom stereocenters. The number of aromatic nitrogens is 4. The van der Waals surface area contributed by atoms with Crippen LogP contribution in [0.4, 0.5) is 0 Å². The number of rotatable bonds is 47. The van der Waals surface area contributed by atoms with E-state index < -0.39 is 193 Å². The number of carboxylic acids is 2. The average molecular weight is 1430 g/mol. The van der Waals surface area contributed by atoms with Crippen LogP contribution in [0.3, 0.4) is 0 Å². The molecule has 0 saturated heterocycles. The topological polar surface area (TPSA) is 647 Å². The second kappa shape index (κ2) is 44.6. The number of hydrogen-bond acceptors (Lipinski definition) is 21. The number of unbranched alkanes of at least 4 members (excludes halogenated alkanes) is 1. The zero-order valence-electron chi connectivity index (χ0n) is 58.2. The summed E-state index contributed by atoms with van der Waals surface area (Å²) in [6, 6.07) is -16.8. The van der Waals surface area contributed by atoms with E-state index in [0.29, 0.717) is 17.8 Å². The van der Waals surface area contributed by atoms with Crippen molar-refractivity contribution in [2.75, 3.05) is 32.8 Å². The van der Waals surface area contributed by atoms with Gasteiger partial charge in [-0.05, 0) is 90.0 Å². The molecule has 0 saturated carbocycles. The van der Waals surface area contributed by atoms with E-state index in [1.165, 1.54) is 59.7 Å². The summed E-state index contributed by atoms with van der Waals surface area (Å²) < 4.78 is 0. The first-order valence-electron chi connectivity index (χ1n) is 32.8. The number of nitrogens with one attached hydrogen (secondary N) is 15. The van der Waals surface area contributed by atoms with E-state index in [4.69, 9.17) is 22.9 Å². The molecule has 0 aliphatic carbocycles. The Labute approximate surface area is 583 Å². The molecule has 0 radical (unpaired) electrons. The lowest BCUT2D eigenvalue weighted by molar-refractivity contribution is -0.144. The Morgan fingerprint density at radius 3 is 1.36 bits per heavy atom. The number of carboxylic acid groups (broad SMARTS) is 2. The van der Waals surface area contributed by atoms with Crippen molar-refractivity contribution < 1.29 is 87.2 Å². The standard InChI is InChI=1S/C61H102N22O18/c1-29(2)17-40(79-50(90)33(8)75-58(98)43(21-47(87)88)81-52(92)37(63)19-35-22-66-27-71-35)53(93)70-24-45(85)69-25-46(86)76-42(20-36-23-67-28-72-36)57(97)74-34(9)51(91)80-41(18-30(3)4)56(96)73-32(7)49(89)77-39(14-12-16-68-61(64)65)54(94)78-38(13-10-11-15-62)55(95)82-44(26-84)59(99)83-48(31(5)6)60(100)101/h22-23,27-34,37-44,48,84H,10-21,24-26,62-63H2,1-9H3,(H,66,71)(H,67,72)(H,69,85)(H,70,93)(H,73,96)(H,74,97)(H,75,98)(H,76,86)(H,77,89)(H,78,94)(H,79,90)(H,80,91)(H,81,92)(H,82,95)(H,83,99)(H,87,88)(H,100,101)(H4,64,65,68)/t32-,33-,34-,37-,38-,39-,40-,41-,42-,43-,44-,48-/m0/s1. The third-order valence-electron chi connectivity index (χ3n) is 15.0. The molecule has 26 N–H and O–H groups in total. The number of H-pyrrole nitrogens is 2. The van der Waals surface area contributed by atoms with Gasteiger partial charge < -0.3 is 117 Å². The Bertz CT molecular complexity index is 3130. The fourth-order valence-corrected chi connectivity index (χ4v) is 9.47. The first-order valence-corrected chi connectivity index (χ1v) is 32.8. The maximum absolute atomic E-state index is 14.0. The van der Waals surface area contributed by atoms with Crippen molar-refractivity contribution in [3.63, 3.8) is 0 Å². The van der Waals surface area contributed by atoms with Crippen LogP contribution in [0, 0.1) is 17.8 Å². The summed E-state index contributed by atoms with van der Waals surface area (Å²) in [5.74, 6) is -15.9. The number of nitrogens with two attached hydrogens (primary N) is 4. The number of nitrogens with zero attached hydrogens (tertiary/aromatic N) is 3. The largest absolute Gasteiger partial charge is 0.481 e. The van der Waals surface area contributed by atoms with E-state index >= 15 is 0 Å². The number of carbonyl (C=O) groups excluding carboxylic acids is 13. The molecule has 0 aliphatic rings. The van der Waals surface area contributed by atoms with Gasteiger partial charge in [0.1, 0.15) is 66.5 Å². The molecule has 13 amide bonds. The van der Waals surface area contributed by atoms with Gasteiger partial charge in [0.05, 0.1) is 44.8 Å². The van der Waals surface area contributed by atoms with E-state index in [0.717, 1.165) is 0 Å². The van der Waals surface area contributed by atoms with E-state index in [2.05, 4.69) is 94.0 Å². The highest BCUT2D eigenvalue weighted by molar-refractivity contribution is 5.99. The number of guanidine groups is 1. The zero-order chi connectivity index (χ0) is 76.2. The van der Waals surface area contributed by atoms with Gasteiger partial charge >= 0.3 is 11.9 Å². The summed E-state index contributed by atoms with van der Waals surface area (Å²) in [7, 11) is 0. The quantitative estimate of drug-likeness (QED) is 0.0166. The molecular formula is C61H102N22O18. The first kappa shape index (κ1) is 86.7. The molecule has 2 rings (SSSR count). The summed E-state index contributed by atoms with van der Waals surface area (Å²) in [6.45, 7) is 11.7. The summed E-state index contributed by atoms with van der Waals surface area (Å²) in [5.41, 5.74) is 23.4. The molecule has 40 nitrogen and oxygen atoms in total. The molecule has 564 valence electrons. The number of imidazole rings is 2. The summed E-state index contributed by atoms with van der Waals surface area (Å²) >= 11 is 0. The van der Waals surface area contributed by atoms with Crippen LogP contribution in [0.2, 0.25) is 0 Å². The second-order valence-corrected chi connectivity index (χ2v) is 25.2. The maximum atomic E-state index is 14.0.